The van der Waals surface area contributed by atoms with E-state index in [-0.39, 0.29) is 12.4 Å². The maximum Gasteiger partial charge on any atom is 0.124 e. The van der Waals surface area contributed by atoms with Gasteiger partial charge in [0, 0.05) is 41.6 Å². The SMILES string of the molecule is Cl.Clc1ccccc1COc1ccccc1CNCCCn1ccnc1. The predicted molar refractivity (Wildman–Crippen MR) is 108 cm³/mol. The van der Waals surface area contributed by atoms with Crippen molar-refractivity contribution in [3.63, 3.8) is 0 Å². The van der Waals surface area contributed by atoms with Gasteiger partial charge in [0.1, 0.15) is 12.4 Å². The molecule has 26 heavy (non-hydrogen) atoms. The summed E-state index contributed by atoms with van der Waals surface area (Å²) >= 11 is 6.19. The standard InChI is InChI=1S/C20H22ClN3O.ClH/c21-19-8-3-1-7-18(19)15-25-20-9-4-2-6-17(20)14-22-10-5-12-24-13-11-23-16-24;/h1-4,6-9,11,13,16,22H,5,10,12,14-15H2;1H. The van der Waals surface area contributed by atoms with Crippen molar-refractivity contribution in [3.8, 4) is 5.75 Å². The van der Waals surface area contributed by atoms with Crippen LogP contribution in [0.25, 0.3) is 0 Å². The van der Waals surface area contributed by atoms with E-state index in [1.165, 1.54) is 0 Å². The van der Waals surface area contributed by atoms with Crippen LogP contribution in [0.2, 0.25) is 5.02 Å². The van der Waals surface area contributed by atoms with E-state index >= 15 is 0 Å². The Hall–Kier alpha value is -2.01. The molecule has 0 saturated carbocycles. The number of benzene rings is 2. The second-order valence-electron chi connectivity index (χ2n) is 5.82. The van der Waals surface area contributed by atoms with E-state index < -0.39 is 0 Å². The van der Waals surface area contributed by atoms with E-state index in [9.17, 15) is 0 Å². The molecule has 0 saturated heterocycles. The van der Waals surface area contributed by atoms with Gasteiger partial charge in [-0.2, -0.15) is 0 Å². The predicted octanol–water partition coefficient (Wildman–Crippen LogP) is 4.72. The summed E-state index contributed by atoms with van der Waals surface area (Å²) in [4.78, 5) is 4.05. The summed E-state index contributed by atoms with van der Waals surface area (Å²) < 4.78 is 8.07. The van der Waals surface area contributed by atoms with Crippen molar-refractivity contribution >= 4 is 24.0 Å². The fraction of sp³-hybridized carbons (Fsp3) is 0.250. The molecule has 0 aliphatic heterocycles. The van der Waals surface area contributed by atoms with E-state index in [2.05, 4.69) is 20.9 Å². The van der Waals surface area contributed by atoms with Crippen molar-refractivity contribution in [2.75, 3.05) is 6.54 Å². The minimum absolute atomic E-state index is 0. The highest BCUT2D eigenvalue weighted by Gasteiger charge is 2.05. The third kappa shape index (κ3) is 6.06. The Kier molecular flexibility index (Phi) is 8.48. The topological polar surface area (TPSA) is 39.1 Å². The molecule has 0 bridgehead atoms. The maximum atomic E-state index is 6.19. The van der Waals surface area contributed by atoms with Crippen LogP contribution < -0.4 is 10.1 Å². The largest absolute Gasteiger partial charge is 0.489 e. The summed E-state index contributed by atoms with van der Waals surface area (Å²) in [5.41, 5.74) is 2.14. The number of hydrogen-bond donors (Lipinski definition) is 1. The van der Waals surface area contributed by atoms with Gasteiger partial charge in [-0.3, -0.25) is 0 Å². The fourth-order valence-electron chi connectivity index (χ4n) is 2.59. The molecule has 0 radical (unpaired) electrons. The van der Waals surface area contributed by atoms with Gasteiger partial charge in [0.05, 0.1) is 6.33 Å². The fourth-order valence-corrected chi connectivity index (χ4v) is 2.78. The first kappa shape index (κ1) is 20.3. The minimum Gasteiger partial charge on any atom is -0.489 e. The minimum atomic E-state index is 0. The van der Waals surface area contributed by atoms with E-state index in [1.807, 2.05) is 55.0 Å². The van der Waals surface area contributed by atoms with Crippen LogP contribution >= 0.6 is 24.0 Å². The number of nitrogens with one attached hydrogen (secondary N) is 1. The van der Waals surface area contributed by atoms with Crippen LogP contribution in [0.3, 0.4) is 0 Å². The monoisotopic (exact) mass is 391 g/mol. The first-order valence-corrected chi connectivity index (χ1v) is 8.81. The Bertz CT molecular complexity index is 778. The van der Waals surface area contributed by atoms with E-state index in [0.29, 0.717) is 6.61 Å². The van der Waals surface area contributed by atoms with Crippen LogP contribution in [-0.2, 0) is 19.7 Å². The van der Waals surface area contributed by atoms with Crippen LogP contribution in [-0.4, -0.2) is 16.1 Å². The Morgan fingerprint density at radius 2 is 1.81 bits per heavy atom. The van der Waals surface area contributed by atoms with Gasteiger partial charge in [0.15, 0.2) is 0 Å². The molecule has 0 unspecified atom stereocenters. The quantitative estimate of drug-likeness (QED) is 0.536. The van der Waals surface area contributed by atoms with Gasteiger partial charge in [-0.1, -0.05) is 48.0 Å². The zero-order valence-electron chi connectivity index (χ0n) is 14.5. The van der Waals surface area contributed by atoms with Crippen molar-refractivity contribution < 1.29 is 4.74 Å². The number of nitrogens with zero attached hydrogens (tertiary/aromatic N) is 2. The number of aromatic nitrogens is 2. The summed E-state index contributed by atoms with van der Waals surface area (Å²) in [6.45, 7) is 3.16. The van der Waals surface area contributed by atoms with E-state index in [1.54, 1.807) is 6.20 Å². The summed E-state index contributed by atoms with van der Waals surface area (Å²) in [6.07, 6.45) is 6.69. The Labute approximate surface area is 165 Å². The molecule has 0 amide bonds. The van der Waals surface area contributed by atoms with Crippen LogP contribution in [0.15, 0.2) is 67.3 Å². The molecule has 1 N–H and O–H groups in total. The normalized spacial score (nSPS) is 10.3. The molecular formula is C20H23Cl2N3O. The highest BCUT2D eigenvalue weighted by molar-refractivity contribution is 6.31. The molecular weight excluding hydrogens is 369 g/mol. The summed E-state index contributed by atoms with van der Waals surface area (Å²) in [5, 5.41) is 4.21. The molecule has 1 aromatic heterocycles. The average molecular weight is 392 g/mol. The molecule has 4 nitrogen and oxygen atoms in total. The van der Waals surface area contributed by atoms with Crippen LogP contribution in [0.4, 0.5) is 0 Å². The Morgan fingerprint density at radius 3 is 2.58 bits per heavy atom. The van der Waals surface area contributed by atoms with Gasteiger partial charge in [0.25, 0.3) is 0 Å². The molecule has 6 heteroatoms. The number of rotatable bonds is 9. The number of aryl methyl sites for hydroxylation is 1. The third-order valence-corrected chi connectivity index (χ3v) is 4.33. The van der Waals surface area contributed by atoms with E-state index in [4.69, 9.17) is 16.3 Å². The van der Waals surface area contributed by atoms with Gasteiger partial charge < -0.3 is 14.6 Å². The molecule has 2 aromatic carbocycles. The number of imidazole rings is 1. The Balaban J connectivity index is 0.00000243. The van der Waals surface area contributed by atoms with Crippen LogP contribution in [0.1, 0.15) is 17.5 Å². The third-order valence-electron chi connectivity index (χ3n) is 3.96. The zero-order chi connectivity index (χ0) is 17.3. The van der Waals surface area contributed by atoms with Gasteiger partial charge in [0.2, 0.25) is 0 Å². The summed E-state index contributed by atoms with van der Waals surface area (Å²) in [7, 11) is 0. The second kappa shape index (κ2) is 10.9. The lowest BCUT2D eigenvalue weighted by atomic mass is 10.2. The zero-order valence-corrected chi connectivity index (χ0v) is 16.0. The Morgan fingerprint density at radius 1 is 1.04 bits per heavy atom. The molecule has 0 aliphatic rings. The van der Waals surface area contributed by atoms with Gasteiger partial charge >= 0.3 is 0 Å². The lowest BCUT2D eigenvalue weighted by Crippen LogP contribution is -2.17. The lowest BCUT2D eigenvalue weighted by molar-refractivity contribution is 0.302. The van der Waals surface area contributed by atoms with Gasteiger partial charge in [-0.05, 0) is 25.1 Å². The second-order valence-corrected chi connectivity index (χ2v) is 6.23. The molecule has 0 spiro atoms. The summed E-state index contributed by atoms with van der Waals surface area (Å²) in [5.74, 6) is 0.893. The molecule has 0 atom stereocenters. The average Bonchev–Trinajstić information content (AvgIpc) is 3.15. The molecule has 1 heterocycles. The first-order chi connectivity index (χ1) is 12.3. The summed E-state index contributed by atoms with van der Waals surface area (Å²) in [6, 6.07) is 15.9. The number of hydrogen-bond acceptors (Lipinski definition) is 3. The van der Waals surface area contributed by atoms with Crippen molar-refractivity contribution in [2.45, 2.75) is 26.1 Å². The molecule has 3 aromatic rings. The molecule has 138 valence electrons. The van der Waals surface area contributed by atoms with Gasteiger partial charge in [-0.15, -0.1) is 12.4 Å². The van der Waals surface area contributed by atoms with Crippen molar-refractivity contribution in [1.29, 1.82) is 0 Å². The van der Waals surface area contributed by atoms with Crippen molar-refractivity contribution in [3.05, 3.63) is 83.4 Å². The smallest absolute Gasteiger partial charge is 0.124 e. The van der Waals surface area contributed by atoms with Crippen LogP contribution in [0.5, 0.6) is 5.75 Å². The number of halogens is 2. The van der Waals surface area contributed by atoms with Crippen molar-refractivity contribution in [1.82, 2.24) is 14.9 Å². The molecule has 0 aliphatic carbocycles. The van der Waals surface area contributed by atoms with E-state index in [0.717, 1.165) is 48.0 Å². The highest BCUT2D eigenvalue weighted by atomic mass is 35.5. The number of para-hydroxylation sites is 1. The van der Waals surface area contributed by atoms with Crippen molar-refractivity contribution in [2.24, 2.45) is 0 Å². The van der Waals surface area contributed by atoms with Crippen LogP contribution in [0, 0.1) is 0 Å². The number of ether oxygens (including phenoxy) is 1. The first-order valence-electron chi connectivity index (χ1n) is 8.43. The lowest BCUT2D eigenvalue weighted by Gasteiger charge is -2.13. The van der Waals surface area contributed by atoms with Gasteiger partial charge in [-0.25, -0.2) is 4.98 Å². The molecule has 3 rings (SSSR count). The highest BCUT2D eigenvalue weighted by Crippen LogP contribution is 2.21. The molecule has 0 fully saturated rings. The maximum absolute atomic E-state index is 6.19.